The van der Waals surface area contributed by atoms with Crippen LogP contribution in [0.5, 0.6) is 0 Å². The van der Waals surface area contributed by atoms with Gasteiger partial charge in [0.25, 0.3) is 0 Å². The quantitative estimate of drug-likeness (QED) is 0.322. The number of carboxylic acids is 2. The van der Waals surface area contributed by atoms with E-state index in [1.54, 1.807) is 0 Å². The number of rotatable bonds is 8. The van der Waals surface area contributed by atoms with E-state index >= 15 is 0 Å². The molecule has 0 amide bonds. The molecule has 0 N–H and O–H groups in total. The van der Waals surface area contributed by atoms with Gasteiger partial charge in [0, 0.05) is 11.9 Å². The molecule has 0 fully saturated rings. The Morgan fingerprint density at radius 3 is 1.20 bits per heavy atom. The third-order valence-electron chi connectivity index (χ3n) is 1.76. The van der Waals surface area contributed by atoms with Crippen LogP contribution in [0, 0.1) is 0 Å². The minimum absolute atomic E-state index is 0. The Labute approximate surface area is 175 Å². The van der Waals surface area contributed by atoms with Crippen molar-refractivity contribution in [2.45, 2.75) is 44.9 Å². The summed E-state index contributed by atoms with van der Waals surface area (Å²) in [6, 6.07) is 0. The molecule has 0 bridgehead atoms. The first-order valence-electron chi connectivity index (χ1n) is 4.52. The van der Waals surface area contributed by atoms with Gasteiger partial charge in [0.1, 0.15) is 0 Å². The average molecular weight is 264 g/mol. The fraction of sp³-hybridized carbons (Fsp3) is 0.778. The minimum atomic E-state index is -1.02. The van der Waals surface area contributed by atoms with Gasteiger partial charge in [-0.05, 0) is 25.7 Å². The second-order valence-corrected chi connectivity index (χ2v) is 3.01. The van der Waals surface area contributed by atoms with Crippen molar-refractivity contribution < 1.29 is 123 Å². The molecule has 4 nitrogen and oxygen atoms in total. The normalized spacial score (nSPS) is 8.53. The maximum atomic E-state index is 9.98. The molecule has 0 aliphatic carbocycles. The predicted molar refractivity (Wildman–Crippen MR) is 42.3 cm³/mol. The van der Waals surface area contributed by atoms with Crippen LogP contribution >= 0.6 is 0 Å². The zero-order valence-corrected chi connectivity index (χ0v) is 15.8. The second-order valence-electron chi connectivity index (χ2n) is 3.01. The molecule has 0 aromatic rings. The van der Waals surface area contributed by atoms with Gasteiger partial charge in [0.2, 0.25) is 0 Å². The molecule has 6 heteroatoms. The van der Waals surface area contributed by atoms with Crippen molar-refractivity contribution >= 4 is 11.9 Å². The maximum absolute atomic E-state index is 9.98. The molecule has 0 aromatic carbocycles. The predicted octanol–water partition coefficient (Wildman–Crippen LogP) is -6.78. The molecular formula is C9H14K2O4. The summed E-state index contributed by atoms with van der Waals surface area (Å²) in [5, 5.41) is 20.0. The molecule has 0 radical (unpaired) electrons. The van der Waals surface area contributed by atoms with E-state index in [-0.39, 0.29) is 116 Å². The molecule has 0 rings (SSSR count). The smallest absolute Gasteiger partial charge is 0.550 e. The van der Waals surface area contributed by atoms with E-state index in [1.807, 2.05) is 0 Å². The molecule has 0 aromatic heterocycles. The van der Waals surface area contributed by atoms with Gasteiger partial charge in [-0.3, -0.25) is 0 Å². The van der Waals surface area contributed by atoms with E-state index in [2.05, 4.69) is 0 Å². The second kappa shape index (κ2) is 16.2. The summed E-state index contributed by atoms with van der Waals surface area (Å²) >= 11 is 0. The van der Waals surface area contributed by atoms with Gasteiger partial charge >= 0.3 is 103 Å². The van der Waals surface area contributed by atoms with E-state index in [0.717, 1.165) is 19.3 Å². The van der Waals surface area contributed by atoms with Crippen molar-refractivity contribution in [1.82, 2.24) is 0 Å². The van der Waals surface area contributed by atoms with E-state index in [1.165, 1.54) is 0 Å². The first-order valence-corrected chi connectivity index (χ1v) is 4.52. The van der Waals surface area contributed by atoms with Crippen LogP contribution < -0.4 is 113 Å². The van der Waals surface area contributed by atoms with Crippen LogP contribution in [0.3, 0.4) is 0 Å². The summed E-state index contributed by atoms with van der Waals surface area (Å²) in [6.07, 6.45) is 3.95. The van der Waals surface area contributed by atoms with Gasteiger partial charge in [-0.1, -0.05) is 19.3 Å². The summed E-state index contributed by atoms with van der Waals surface area (Å²) in [4.78, 5) is 20.0. The Morgan fingerprint density at radius 2 is 0.933 bits per heavy atom. The van der Waals surface area contributed by atoms with Crippen molar-refractivity contribution in [3.05, 3.63) is 0 Å². The molecular weight excluding hydrogens is 250 g/mol. The van der Waals surface area contributed by atoms with Gasteiger partial charge in [-0.2, -0.15) is 0 Å². The van der Waals surface area contributed by atoms with Crippen molar-refractivity contribution in [2.24, 2.45) is 0 Å². The number of carbonyl (C=O) groups is 2. The molecule has 76 valence electrons. The number of carboxylic acid groups (broad SMARTS) is 2. The van der Waals surface area contributed by atoms with Crippen LogP contribution in [0.2, 0.25) is 0 Å². The molecule has 0 aliphatic rings. The Hall–Kier alpha value is 2.21. The topological polar surface area (TPSA) is 80.3 Å². The SMILES string of the molecule is O=C([O-])CCCCCCCC(=O)[O-].[K+].[K+]. The number of hydrogen-bond acceptors (Lipinski definition) is 4. The maximum Gasteiger partial charge on any atom is 1.00 e. The van der Waals surface area contributed by atoms with E-state index in [4.69, 9.17) is 0 Å². The third-order valence-corrected chi connectivity index (χ3v) is 1.76. The minimum Gasteiger partial charge on any atom is -0.550 e. The van der Waals surface area contributed by atoms with Crippen molar-refractivity contribution in [3.8, 4) is 0 Å². The summed E-state index contributed by atoms with van der Waals surface area (Å²) < 4.78 is 0. The zero-order chi connectivity index (χ0) is 10.1. The summed E-state index contributed by atoms with van der Waals surface area (Å²) in [7, 11) is 0. The van der Waals surface area contributed by atoms with Crippen LogP contribution in [-0.4, -0.2) is 11.9 Å². The molecule has 0 aliphatic heterocycles. The number of aliphatic carboxylic acids is 2. The van der Waals surface area contributed by atoms with Crippen molar-refractivity contribution in [2.75, 3.05) is 0 Å². The molecule has 15 heavy (non-hydrogen) atoms. The number of hydrogen-bond donors (Lipinski definition) is 0. The first kappa shape index (κ1) is 22.4. The Bertz CT molecular complexity index is 155. The van der Waals surface area contributed by atoms with Gasteiger partial charge in [-0.15, -0.1) is 0 Å². The van der Waals surface area contributed by atoms with Gasteiger partial charge in [0.05, 0.1) is 0 Å². The van der Waals surface area contributed by atoms with Gasteiger partial charge in [-0.25, -0.2) is 0 Å². The molecule has 0 atom stereocenters. The average Bonchev–Trinajstić information content (AvgIpc) is 2.01. The third kappa shape index (κ3) is 22.0. The van der Waals surface area contributed by atoms with Crippen LogP contribution in [0.1, 0.15) is 44.9 Å². The largest absolute Gasteiger partial charge is 1.00 e. The number of carbonyl (C=O) groups excluding carboxylic acids is 2. The molecule has 0 saturated carbocycles. The standard InChI is InChI=1S/C9H16O4.2K/c10-8(11)6-4-2-1-3-5-7-9(12)13;;/h1-7H2,(H,10,11)(H,12,13);;/q;2*+1/p-2. The Balaban J connectivity index is -0.000000720. The van der Waals surface area contributed by atoms with Crippen LogP contribution in [-0.2, 0) is 9.59 Å². The first-order chi connectivity index (χ1) is 6.13. The Kier molecular flexibility index (Phi) is 24.2. The zero-order valence-electron chi connectivity index (χ0n) is 9.58. The van der Waals surface area contributed by atoms with Crippen molar-refractivity contribution in [1.29, 1.82) is 0 Å². The number of unbranched alkanes of at least 4 members (excludes halogenated alkanes) is 4. The van der Waals surface area contributed by atoms with Crippen LogP contribution in [0.4, 0.5) is 0 Å². The fourth-order valence-corrected chi connectivity index (χ4v) is 1.07. The Morgan fingerprint density at radius 1 is 0.667 bits per heavy atom. The molecule has 0 unspecified atom stereocenters. The molecule has 0 heterocycles. The summed E-state index contributed by atoms with van der Waals surface area (Å²) in [5.41, 5.74) is 0. The summed E-state index contributed by atoms with van der Waals surface area (Å²) in [5.74, 6) is -2.04. The van der Waals surface area contributed by atoms with Crippen LogP contribution in [0.15, 0.2) is 0 Å². The van der Waals surface area contributed by atoms with Gasteiger partial charge in [0.15, 0.2) is 0 Å². The summed E-state index contributed by atoms with van der Waals surface area (Å²) in [6.45, 7) is 0. The molecule has 0 spiro atoms. The monoisotopic (exact) mass is 264 g/mol. The van der Waals surface area contributed by atoms with E-state index in [9.17, 15) is 19.8 Å². The fourth-order valence-electron chi connectivity index (χ4n) is 1.07. The van der Waals surface area contributed by atoms with Gasteiger partial charge < -0.3 is 19.8 Å². The van der Waals surface area contributed by atoms with E-state index < -0.39 is 11.9 Å². The molecule has 0 saturated heterocycles. The van der Waals surface area contributed by atoms with E-state index in [0.29, 0.717) is 12.8 Å². The van der Waals surface area contributed by atoms with Crippen molar-refractivity contribution in [3.63, 3.8) is 0 Å². The van der Waals surface area contributed by atoms with Crippen LogP contribution in [0.25, 0.3) is 0 Å².